The van der Waals surface area contributed by atoms with Gasteiger partial charge in [-0.3, -0.25) is 4.79 Å². The second-order valence-electron chi connectivity index (χ2n) is 2.20. The summed E-state index contributed by atoms with van der Waals surface area (Å²) in [6.45, 7) is 2.33. The summed E-state index contributed by atoms with van der Waals surface area (Å²) in [5.74, 6) is 0.184. The predicted molar refractivity (Wildman–Crippen MR) is 45.5 cm³/mol. The van der Waals surface area contributed by atoms with Gasteiger partial charge in [-0.05, 0) is 6.42 Å². The molecule has 0 heterocycles. The largest absolute Gasteiger partial charge is 0.324 e. The summed E-state index contributed by atoms with van der Waals surface area (Å²) < 4.78 is 0. The minimum absolute atomic E-state index is 0. The molecule has 0 aromatic rings. The zero-order valence-corrected chi connectivity index (χ0v) is 7.25. The Kier molecular flexibility index (Phi) is 11.2. The normalized spacial score (nSPS) is 8.60. The van der Waals surface area contributed by atoms with Crippen molar-refractivity contribution >= 4 is 18.2 Å². The Morgan fingerprint density at radius 3 is 2.40 bits per heavy atom. The van der Waals surface area contributed by atoms with Crippen LogP contribution in [0.15, 0.2) is 0 Å². The van der Waals surface area contributed by atoms with Gasteiger partial charge in [0.1, 0.15) is 5.78 Å². The van der Waals surface area contributed by atoms with Crippen molar-refractivity contribution in [1.82, 2.24) is 0 Å². The van der Waals surface area contributed by atoms with Crippen LogP contribution < -0.4 is 5.73 Å². The zero-order chi connectivity index (χ0) is 7.11. The van der Waals surface area contributed by atoms with Gasteiger partial charge in [-0.25, -0.2) is 0 Å². The lowest BCUT2D eigenvalue weighted by Crippen LogP contribution is -2.12. The fourth-order valence-corrected chi connectivity index (χ4v) is 0.674. The van der Waals surface area contributed by atoms with Crippen LogP contribution in [0.5, 0.6) is 0 Å². The van der Waals surface area contributed by atoms with E-state index in [-0.39, 0.29) is 24.7 Å². The number of nitrogens with two attached hydrogens (primary N) is 1. The van der Waals surface area contributed by atoms with Crippen molar-refractivity contribution in [3.63, 3.8) is 0 Å². The Hall–Kier alpha value is -0.0800. The predicted octanol–water partition coefficient (Wildman–Crippen LogP) is 1.52. The maximum atomic E-state index is 10.6. The van der Waals surface area contributed by atoms with Crippen LogP contribution >= 0.6 is 12.4 Å². The number of carbonyl (C=O) groups excluding carboxylic acids is 1. The fourth-order valence-electron chi connectivity index (χ4n) is 0.674. The van der Waals surface area contributed by atoms with Crippen molar-refractivity contribution in [3.05, 3.63) is 0 Å². The number of ketones is 1. The monoisotopic (exact) mass is 165 g/mol. The maximum Gasteiger partial charge on any atom is 0.146 e. The smallest absolute Gasteiger partial charge is 0.146 e. The minimum atomic E-state index is 0. The van der Waals surface area contributed by atoms with E-state index < -0.39 is 0 Å². The molecule has 0 aromatic heterocycles. The van der Waals surface area contributed by atoms with E-state index >= 15 is 0 Å². The van der Waals surface area contributed by atoms with E-state index in [1.165, 1.54) is 0 Å². The lowest BCUT2D eigenvalue weighted by molar-refractivity contribution is -0.117. The van der Waals surface area contributed by atoms with Crippen LogP contribution in [-0.2, 0) is 4.79 Å². The summed E-state index contributed by atoms with van der Waals surface area (Å²) in [5.41, 5.74) is 5.10. The van der Waals surface area contributed by atoms with Crippen LogP contribution in [-0.4, -0.2) is 12.3 Å². The van der Waals surface area contributed by atoms with Crippen molar-refractivity contribution in [1.29, 1.82) is 0 Å². The lowest BCUT2D eigenvalue weighted by atomic mass is 10.1. The number of halogens is 1. The Labute approximate surface area is 68.6 Å². The van der Waals surface area contributed by atoms with E-state index in [0.29, 0.717) is 6.42 Å². The molecule has 0 spiro atoms. The van der Waals surface area contributed by atoms with Gasteiger partial charge in [0.25, 0.3) is 0 Å². The minimum Gasteiger partial charge on any atom is -0.324 e. The molecule has 0 unspecified atom stereocenters. The van der Waals surface area contributed by atoms with Crippen molar-refractivity contribution in [2.75, 3.05) is 6.54 Å². The van der Waals surface area contributed by atoms with E-state index in [2.05, 4.69) is 6.92 Å². The van der Waals surface area contributed by atoms with Crippen LogP contribution in [0.3, 0.4) is 0 Å². The summed E-state index contributed by atoms with van der Waals surface area (Å²) in [6, 6.07) is 0. The van der Waals surface area contributed by atoms with Crippen molar-refractivity contribution in [2.24, 2.45) is 5.73 Å². The number of carbonyl (C=O) groups is 1. The number of hydrogen-bond acceptors (Lipinski definition) is 2. The van der Waals surface area contributed by atoms with Crippen molar-refractivity contribution in [3.8, 4) is 0 Å². The highest BCUT2D eigenvalue weighted by atomic mass is 35.5. The average molecular weight is 166 g/mol. The lowest BCUT2D eigenvalue weighted by Gasteiger charge is -1.94. The molecule has 0 saturated heterocycles. The van der Waals surface area contributed by atoms with Gasteiger partial charge in [-0.1, -0.05) is 19.8 Å². The van der Waals surface area contributed by atoms with Gasteiger partial charge < -0.3 is 5.73 Å². The number of rotatable bonds is 5. The van der Waals surface area contributed by atoms with Gasteiger partial charge >= 0.3 is 0 Å². The Bertz CT molecular complexity index is 85.7. The highest BCUT2D eigenvalue weighted by Gasteiger charge is 1.95. The molecular weight excluding hydrogens is 150 g/mol. The van der Waals surface area contributed by atoms with E-state index in [1.54, 1.807) is 0 Å². The second kappa shape index (κ2) is 8.92. The summed E-state index contributed by atoms with van der Waals surface area (Å²) in [7, 11) is 0. The molecule has 0 aliphatic heterocycles. The number of unbranched alkanes of at least 4 members (excludes halogenated alkanes) is 2. The first-order valence-electron chi connectivity index (χ1n) is 3.53. The topological polar surface area (TPSA) is 43.1 Å². The van der Waals surface area contributed by atoms with Crippen LogP contribution in [0.4, 0.5) is 0 Å². The summed E-state index contributed by atoms with van der Waals surface area (Å²) >= 11 is 0. The number of hydrogen-bond donors (Lipinski definition) is 1. The van der Waals surface area contributed by atoms with E-state index in [0.717, 1.165) is 19.3 Å². The first kappa shape index (κ1) is 12.6. The molecule has 2 N–H and O–H groups in total. The molecule has 10 heavy (non-hydrogen) atoms. The molecule has 62 valence electrons. The average Bonchev–Trinajstić information content (AvgIpc) is 1.89. The molecule has 2 nitrogen and oxygen atoms in total. The third kappa shape index (κ3) is 7.92. The van der Waals surface area contributed by atoms with Crippen LogP contribution in [0.25, 0.3) is 0 Å². The molecule has 0 atom stereocenters. The van der Waals surface area contributed by atoms with E-state index in [9.17, 15) is 4.79 Å². The SMILES string of the molecule is CCCCCC(=O)CN.Cl. The second-order valence-corrected chi connectivity index (χ2v) is 2.20. The third-order valence-electron chi connectivity index (χ3n) is 1.29. The number of Topliss-reactive ketones (excluding diaryl/α,β-unsaturated/α-hetero) is 1. The first-order valence-corrected chi connectivity index (χ1v) is 3.53. The van der Waals surface area contributed by atoms with Crippen LogP contribution in [0.1, 0.15) is 32.6 Å². The first-order chi connectivity index (χ1) is 4.31. The summed E-state index contributed by atoms with van der Waals surface area (Å²) in [4.78, 5) is 10.6. The molecule has 0 amide bonds. The Morgan fingerprint density at radius 2 is 2.00 bits per heavy atom. The van der Waals surface area contributed by atoms with Gasteiger partial charge in [0.2, 0.25) is 0 Å². The molecule has 0 fully saturated rings. The molecule has 0 aliphatic carbocycles. The van der Waals surface area contributed by atoms with Crippen LogP contribution in [0, 0.1) is 0 Å². The Morgan fingerprint density at radius 1 is 1.40 bits per heavy atom. The molecular formula is C7H16ClNO. The van der Waals surface area contributed by atoms with E-state index in [1.807, 2.05) is 0 Å². The van der Waals surface area contributed by atoms with Crippen molar-refractivity contribution in [2.45, 2.75) is 32.6 Å². The molecule has 3 heteroatoms. The molecule has 0 saturated carbocycles. The zero-order valence-electron chi connectivity index (χ0n) is 6.43. The van der Waals surface area contributed by atoms with Gasteiger partial charge in [0.05, 0.1) is 6.54 Å². The fraction of sp³-hybridized carbons (Fsp3) is 0.857. The molecule has 0 aromatic carbocycles. The summed E-state index contributed by atoms with van der Waals surface area (Å²) in [5, 5.41) is 0. The van der Waals surface area contributed by atoms with Crippen LogP contribution in [0.2, 0.25) is 0 Å². The van der Waals surface area contributed by atoms with E-state index in [4.69, 9.17) is 5.73 Å². The quantitative estimate of drug-likeness (QED) is 0.628. The molecule has 0 radical (unpaired) electrons. The molecule has 0 rings (SSSR count). The van der Waals surface area contributed by atoms with Crippen molar-refractivity contribution < 1.29 is 4.79 Å². The third-order valence-corrected chi connectivity index (χ3v) is 1.29. The Balaban J connectivity index is 0. The van der Waals surface area contributed by atoms with Gasteiger partial charge in [-0.2, -0.15) is 0 Å². The highest BCUT2D eigenvalue weighted by Crippen LogP contribution is 1.98. The maximum absolute atomic E-state index is 10.6. The van der Waals surface area contributed by atoms with Gasteiger partial charge in [0.15, 0.2) is 0 Å². The molecule has 0 aliphatic rings. The standard InChI is InChI=1S/C7H15NO.ClH/c1-2-3-4-5-7(9)6-8;/h2-6,8H2,1H3;1H. The summed E-state index contributed by atoms with van der Waals surface area (Å²) in [6.07, 6.45) is 3.99. The highest BCUT2D eigenvalue weighted by molar-refractivity contribution is 5.85. The van der Waals surface area contributed by atoms with Gasteiger partial charge in [-0.15, -0.1) is 12.4 Å². The van der Waals surface area contributed by atoms with Gasteiger partial charge in [0, 0.05) is 6.42 Å². The molecule has 0 bridgehead atoms.